The lowest BCUT2D eigenvalue weighted by Crippen LogP contribution is -1.83. The third-order valence-electron chi connectivity index (χ3n) is 2.83. The van der Waals surface area contributed by atoms with E-state index in [4.69, 9.17) is 0 Å². The number of hydrogen-bond acceptors (Lipinski definition) is 0. The molecular weight excluding hydrogens is 192 g/mol. The normalized spacial score (nSPS) is 11.4. The zero-order chi connectivity index (χ0) is 11.4. The van der Waals surface area contributed by atoms with E-state index in [0.29, 0.717) is 0 Å². The molecule has 2 rings (SSSR count). The average Bonchev–Trinajstić information content (AvgIpc) is 2.30. The lowest BCUT2D eigenvalue weighted by atomic mass is 10.0. The van der Waals surface area contributed by atoms with Crippen LogP contribution in [0.1, 0.15) is 31.4 Å². The van der Waals surface area contributed by atoms with Gasteiger partial charge in [0.15, 0.2) is 0 Å². The Bertz CT molecular complexity index is 506. The van der Waals surface area contributed by atoms with E-state index in [0.717, 1.165) is 0 Å². The molecule has 82 valence electrons. The molecule has 0 bridgehead atoms. The van der Waals surface area contributed by atoms with E-state index < -0.39 is 0 Å². The fourth-order valence-corrected chi connectivity index (χ4v) is 2.05. The van der Waals surface area contributed by atoms with Gasteiger partial charge in [-0.1, -0.05) is 55.8 Å². The number of allylic oxidation sites excluding steroid dienone is 1. The summed E-state index contributed by atoms with van der Waals surface area (Å²) in [5.41, 5.74) is 2.71. The molecule has 0 nitrogen and oxygen atoms in total. The fraction of sp³-hybridized carbons (Fsp3) is 0.250. The van der Waals surface area contributed by atoms with Gasteiger partial charge in [0, 0.05) is 0 Å². The summed E-state index contributed by atoms with van der Waals surface area (Å²) in [6.07, 6.45) is 6.60. The van der Waals surface area contributed by atoms with Crippen LogP contribution < -0.4 is 0 Å². The van der Waals surface area contributed by atoms with Crippen LogP contribution in [-0.2, 0) is 6.42 Å². The Labute approximate surface area is 97.6 Å². The van der Waals surface area contributed by atoms with Gasteiger partial charge in [-0.2, -0.15) is 0 Å². The zero-order valence-electron chi connectivity index (χ0n) is 10.0. The van der Waals surface area contributed by atoms with E-state index in [2.05, 4.69) is 62.4 Å². The molecule has 0 aliphatic carbocycles. The highest BCUT2D eigenvalue weighted by Gasteiger charge is 1.96. The topological polar surface area (TPSA) is 0 Å². The number of rotatable bonds is 3. The number of aryl methyl sites for hydroxylation is 1. The van der Waals surface area contributed by atoms with Crippen molar-refractivity contribution in [3.8, 4) is 0 Å². The Morgan fingerprint density at radius 2 is 1.75 bits per heavy atom. The van der Waals surface area contributed by atoms with Gasteiger partial charge in [-0.25, -0.2) is 0 Å². The van der Waals surface area contributed by atoms with Crippen molar-refractivity contribution in [2.24, 2.45) is 0 Å². The Balaban J connectivity index is 2.44. The molecule has 0 aliphatic rings. The van der Waals surface area contributed by atoms with Crippen LogP contribution in [0, 0.1) is 0 Å². The molecule has 0 amide bonds. The molecule has 0 aromatic heterocycles. The minimum atomic E-state index is 1.17. The molecule has 0 heteroatoms. The van der Waals surface area contributed by atoms with Gasteiger partial charge in [-0.05, 0) is 41.3 Å². The molecule has 0 aliphatic heterocycles. The maximum absolute atomic E-state index is 2.30. The summed E-state index contributed by atoms with van der Waals surface area (Å²) in [6.45, 7) is 4.27. The average molecular weight is 210 g/mol. The van der Waals surface area contributed by atoms with Crippen LogP contribution in [0.5, 0.6) is 0 Å². The Kier molecular flexibility index (Phi) is 3.40. The van der Waals surface area contributed by atoms with Gasteiger partial charge in [0.1, 0.15) is 0 Å². The second kappa shape index (κ2) is 4.98. The highest BCUT2D eigenvalue weighted by Crippen LogP contribution is 2.19. The Hall–Kier alpha value is -1.56. The van der Waals surface area contributed by atoms with Crippen LogP contribution in [0.15, 0.2) is 42.5 Å². The second-order valence-corrected chi connectivity index (χ2v) is 4.19. The van der Waals surface area contributed by atoms with Crippen molar-refractivity contribution in [1.82, 2.24) is 0 Å². The standard InChI is InChI=1S/C16H18/c1-3-5-13-7-9-16-12-14(6-4-2)8-10-15(16)11-13/h3,5,7-12H,4,6H2,1-2H3/b5-3+. The predicted molar refractivity (Wildman–Crippen MR) is 72.7 cm³/mol. The third kappa shape index (κ3) is 2.33. The smallest absolute Gasteiger partial charge is 0.0178 e. The molecule has 0 radical (unpaired) electrons. The fourth-order valence-electron chi connectivity index (χ4n) is 2.05. The molecule has 0 N–H and O–H groups in total. The number of fused-ring (bicyclic) bond motifs is 1. The lowest BCUT2D eigenvalue weighted by molar-refractivity contribution is 0.924. The van der Waals surface area contributed by atoms with Crippen LogP contribution in [0.3, 0.4) is 0 Å². The van der Waals surface area contributed by atoms with Crippen molar-refractivity contribution in [2.75, 3.05) is 0 Å². The van der Waals surface area contributed by atoms with E-state index in [1.54, 1.807) is 0 Å². The minimum Gasteiger partial charge on any atom is -0.0871 e. The summed E-state index contributed by atoms with van der Waals surface area (Å²) >= 11 is 0. The molecule has 0 atom stereocenters. The van der Waals surface area contributed by atoms with Crippen LogP contribution in [0.2, 0.25) is 0 Å². The molecule has 0 fully saturated rings. The Morgan fingerprint density at radius 3 is 2.50 bits per heavy atom. The largest absolute Gasteiger partial charge is 0.0871 e. The van der Waals surface area contributed by atoms with Crippen molar-refractivity contribution in [2.45, 2.75) is 26.7 Å². The van der Waals surface area contributed by atoms with E-state index in [1.165, 1.54) is 34.7 Å². The summed E-state index contributed by atoms with van der Waals surface area (Å²) in [6, 6.07) is 13.4. The first kappa shape index (κ1) is 10.9. The zero-order valence-corrected chi connectivity index (χ0v) is 10.0. The first-order chi connectivity index (χ1) is 7.83. The molecule has 0 heterocycles. The van der Waals surface area contributed by atoms with Crippen LogP contribution in [0.4, 0.5) is 0 Å². The van der Waals surface area contributed by atoms with Crippen molar-refractivity contribution in [3.63, 3.8) is 0 Å². The van der Waals surface area contributed by atoms with E-state index in [-0.39, 0.29) is 0 Å². The van der Waals surface area contributed by atoms with Crippen LogP contribution in [0.25, 0.3) is 16.8 Å². The summed E-state index contributed by atoms with van der Waals surface area (Å²) in [4.78, 5) is 0. The number of benzene rings is 2. The van der Waals surface area contributed by atoms with Gasteiger partial charge in [-0.3, -0.25) is 0 Å². The van der Waals surface area contributed by atoms with Crippen molar-refractivity contribution in [3.05, 3.63) is 53.6 Å². The first-order valence-electron chi connectivity index (χ1n) is 5.99. The van der Waals surface area contributed by atoms with Gasteiger partial charge in [0.2, 0.25) is 0 Å². The maximum Gasteiger partial charge on any atom is -0.0178 e. The molecule has 0 spiro atoms. The first-order valence-corrected chi connectivity index (χ1v) is 5.99. The van der Waals surface area contributed by atoms with Gasteiger partial charge >= 0.3 is 0 Å². The highest BCUT2D eigenvalue weighted by atomic mass is 14.0. The maximum atomic E-state index is 2.30. The molecule has 2 aromatic rings. The van der Waals surface area contributed by atoms with Crippen LogP contribution in [-0.4, -0.2) is 0 Å². The summed E-state index contributed by atoms with van der Waals surface area (Å²) in [5.74, 6) is 0. The van der Waals surface area contributed by atoms with E-state index in [1.807, 2.05) is 0 Å². The summed E-state index contributed by atoms with van der Waals surface area (Å²) < 4.78 is 0. The molecule has 16 heavy (non-hydrogen) atoms. The second-order valence-electron chi connectivity index (χ2n) is 4.19. The molecule has 0 saturated heterocycles. The molecule has 0 saturated carbocycles. The highest BCUT2D eigenvalue weighted by molar-refractivity contribution is 5.85. The SMILES string of the molecule is C/C=C/c1ccc2cc(CCC)ccc2c1. The summed E-state index contributed by atoms with van der Waals surface area (Å²) in [5, 5.41) is 2.68. The van der Waals surface area contributed by atoms with Gasteiger partial charge in [0.05, 0.1) is 0 Å². The van der Waals surface area contributed by atoms with Gasteiger partial charge in [0.25, 0.3) is 0 Å². The molecule has 0 unspecified atom stereocenters. The van der Waals surface area contributed by atoms with Gasteiger partial charge in [-0.15, -0.1) is 0 Å². The van der Waals surface area contributed by atoms with Crippen molar-refractivity contribution >= 4 is 16.8 Å². The molecular formula is C16H18. The quantitative estimate of drug-likeness (QED) is 0.681. The van der Waals surface area contributed by atoms with Crippen molar-refractivity contribution in [1.29, 1.82) is 0 Å². The van der Waals surface area contributed by atoms with Crippen LogP contribution >= 0.6 is 0 Å². The van der Waals surface area contributed by atoms with E-state index >= 15 is 0 Å². The predicted octanol–water partition coefficient (Wildman–Crippen LogP) is 4.83. The lowest BCUT2D eigenvalue weighted by Gasteiger charge is -2.03. The monoisotopic (exact) mass is 210 g/mol. The molecule has 2 aromatic carbocycles. The van der Waals surface area contributed by atoms with Crippen molar-refractivity contribution < 1.29 is 0 Å². The number of hydrogen-bond donors (Lipinski definition) is 0. The third-order valence-corrected chi connectivity index (χ3v) is 2.83. The Morgan fingerprint density at radius 1 is 1.00 bits per heavy atom. The van der Waals surface area contributed by atoms with E-state index in [9.17, 15) is 0 Å². The summed E-state index contributed by atoms with van der Waals surface area (Å²) in [7, 11) is 0. The minimum absolute atomic E-state index is 1.17. The van der Waals surface area contributed by atoms with Gasteiger partial charge < -0.3 is 0 Å².